The lowest BCUT2D eigenvalue weighted by Crippen LogP contribution is -2.48. The number of ether oxygens (including phenoxy) is 1. The molecule has 0 aliphatic heterocycles. The smallest absolute Gasteiger partial charge is 0.417 e. The zero-order valence-corrected chi connectivity index (χ0v) is 20.8. The van der Waals surface area contributed by atoms with Gasteiger partial charge < -0.3 is 20.7 Å². The Bertz CT molecular complexity index is 1260. The largest absolute Gasteiger partial charge is 0.497 e. The summed E-state index contributed by atoms with van der Waals surface area (Å²) < 4.78 is 44.1. The molecule has 4 amide bonds. The van der Waals surface area contributed by atoms with E-state index < -0.39 is 28.8 Å². The highest BCUT2D eigenvalue weighted by Gasteiger charge is 2.33. The van der Waals surface area contributed by atoms with Crippen molar-refractivity contribution in [2.45, 2.75) is 32.0 Å². The first-order chi connectivity index (χ1) is 17.6. The number of fused-ring (bicyclic) bond motifs is 1. The molecule has 13 heteroatoms. The molecule has 198 valence electrons. The van der Waals surface area contributed by atoms with Gasteiger partial charge in [-0.15, -0.1) is 0 Å². The van der Waals surface area contributed by atoms with Crippen molar-refractivity contribution in [3.05, 3.63) is 59.2 Å². The molecule has 1 atom stereocenters. The summed E-state index contributed by atoms with van der Waals surface area (Å²) in [5.74, 6) is 0.710. The first-order valence-electron chi connectivity index (χ1n) is 11.2. The van der Waals surface area contributed by atoms with Crippen molar-refractivity contribution in [1.29, 1.82) is 0 Å². The summed E-state index contributed by atoms with van der Waals surface area (Å²) in [5.41, 5.74) is 4.61. The van der Waals surface area contributed by atoms with Gasteiger partial charge in [0.25, 0.3) is 0 Å². The van der Waals surface area contributed by atoms with Crippen LogP contribution in [0.15, 0.2) is 48.7 Å². The summed E-state index contributed by atoms with van der Waals surface area (Å²) in [5, 5.41) is 8.64. The van der Waals surface area contributed by atoms with Gasteiger partial charge >= 0.3 is 18.2 Å². The molecule has 1 heterocycles. The Balaban J connectivity index is 1.39. The summed E-state index contributed by atoms with van der Waals surface area (Å²) in [6, 6.07) is 8.97. The molecule has 0 aliphatic carbocycles. The number of urea groups is 2. The Morgan fingerprint density at radius 3 is 2.59 bits per heavy atom. The Labute approximate surface area is 216 Å². The van der Waals surface area contributed by atoms with E-state index in [1.165, 1.54) is 6.07 Å². The zero-order chi connectivity index (χ0) is 27.0. The number of alkyl halides is 3. The van der Waals surface area contributed by atoms with E-state index in [1.807, 2.05) is 31.2 Å². The van der Waals surface area contributed by atoms with Gasteiger partial charge in [0.05, 0.1) is 28.9 Å². The third kappa shape index (κ3) is 8.04. The summed E-state index contributed by atoms with van der Waals surface area (Å²) in [6.45, 7) is 2.32. The van der Waals surface area contributed by atoms with E-state index in [0.717, 1.165) is 29.1 Å². The van der Waals surface area contributed by atoms with Gasteiger partial charge in [-0.3, -0.25) is 4.98 Å². The van der Waals surface area contributed by atoms with Gasteiger partial charge in [0.1, 0.15) is 5.75 Å². The lowest BCUT2D eigenvalue weighted by atomic mass is 10.1. The second-order valence-corrected chi connectivity index (χ2v) is 8.50. The quantitative estimate of drug-likeness (QED) is 0.191. The number of pyridine rings is 1. The predicted octanol–water partition coefficient (Wildman–Crippen LogP) is 5.53. The molecule has 2 aromatic carbocycles. The van der Waals surface area contributed by atoms with Crippen LogP contribution in [0, 0.1) is 0 Å². The fourth-order valence-corrected chi connectivity index (χ4v) is 3.71. The van der Waals surface area contributed by atoms with Crippen molar-refractivity contribution >= 4 is 45.9 Å². The Morgan fingerprint density at radius 2 is 1.86 bits per heavy atom. The number of hydrogen-bond acceptors (Lipinski definition) is 5. The molecule has 1 aromatic heterocycles. The molecule has 1 unspecified atom stereocenters. The molecule has 0 aliphatic rings. The van der Waals surface area contributed by atoms with Crippen molar-refractivity contribution in [3.8, 4) is 5.75 Å². The minimum absolute atomic E-state index is 0.0621. The first-order valence-corrected chi connectivity index (χ1v) is 11.6. The highest BCUT2D eigenvalue weighted by atomic mass is 35.5. The summed E-state index contributed by atoms with van der Waals surface area (Å²) in [6.07, 6.45) is -1.60. The highest BCUT2D eigenvalue weighted by molar-refractivity contribution is 6.31. The number of halogens is 4. The number of nitrogens with zero attached hydrogens (tertiary/aromatic N) is 1. The lowest BCUT2D eigenvalue weighted by Gasteiger charge is -2.17. The van der Waals surface area contributed by atoms with E-state index in [-0.39, 0.29) is 11.7 Å². The number of nitrogens with one attached hydrogen (secondary N) is 5. The summed E-state index contributed by atoms with van der Waals surface area (Å²) in [4.78, 5) is 28.2. The summed E-state index contributed by atoms with van der Waals surface area (Å²) >= 11 is 5.55. The maximum absolute atomic E-state index is 12.9. The van der Waals surface area contributed by atoms with E-state index in [4.69, 9.17) is 16.3 Å². The molecule has 3 rings (SSSR count). The molecule has 9 nitrogen and oxygen atoms in total. The third-order valence-electron chi connectivity index (χ3n) is 5.23. The summed E-state index contributed by atoms with van der Waals surface area (Å²) in [7, 11) is 1.60. The van der Waals surface area contributed by atoms with E-state index >= 15 is 0 Å². The SMILES string of the molecule is COc1cc(NC(C)CCCNC(=O)NNC(=O)Nc2ccc(Cl)c(C(F)(F)F)c2)c2ncccc2c1. The van der Waals surface area contributed by atoms with Crippen LogP contribution < -0.4 is 31.5 Å². The van der Waals surface area contributed by atoms with Crippen LogP contribution in [0.25, 0.3) is 10.9 Å². The van der Waals surface area contributed by atoms with Gasteiger partial charge in [0.2, 0.25) is 0 Å². The minimum atomic E-state index is -4.67. The van der Waals surface area contributed by atoms with Crippen molar-refractivity contribution in [1.82, 2.24) is 21.2 Å². The van der Waals surface area contributed by atoms with Gasteiger partial charge in [-0.1, -0.05) is 17.7 Å². The van der Waals surface area contributed by atoms with Gasteiger partial charge in [0, 0.05) is 35.9 Å². The normalized spacial score (nSPS) is 11.9. The number of carbonyl (C=O) groups excluding carboxylic acids is 2. The van der Waals surface area contributed by atoms with Crippen LogP contribution in [0.1, 0.15) is 25.3 Å². The predicted molar refractivity (Wildman–Crippen MR) is 136 cm³/mol. The Morgan fingerprint density at radius 1 is 1.11 bits per heavy atom. The molecule has 0 fully saturated rings. The molecular weight excluding hydrogens is 513 g/mol. The molecule has 0 saturated heterocycles. The maximum Gasteiger partial charge on any atom is 0.417 e. The minimum Gasteiger partial charge on any atom is -0.497 e. The van der Waals surface area contributed by atoms with Crippen LogP contribution in [0.4, 0.5) is 34.1 Å². The first kappa shape index (κ1) is 27.7. The molecule has 37 heavy (non-hydrogen) atoms. The van der Waals surface area contributed by atoms with Crippen molar-refractivity contribution in [2.75, 3.05) is 24.3 Å². The van der Waals surface area contributed by atoms with Crippen LogP contribution in [0.5, 0.6) is 5.75 Å². The molecule has 0 spiro atoms. The number of rotatable bonds is 8. The van der Waals surface area contributed by atoms with E-state index in [9.17, 15) is 22.8 Å². The number of methoxy groups -OCH3 is 1. The van der Waals surface area contributed by atoms with Gasteiger partial charge in [-0.25, -0.2) is 20.4 Å². The standard InChI is InChI=1S/C24H26ClF3N6O3/c1-14(31-20-13-17(37-2)11-15-6-4-9-29-21(15)20)5-3-10-30-22(35)33-34-23(36)32-16-7-8-19(25)18(12-16)24(26,27)28/h4,6-9,11-14,31H,3,5,10H2,1-2H3,(H2,30,33,35)(H2,32,34,36). The molecule has 0 radical (unpaired) electrons. The number of amides is 4. The third-order valence-corrected chi connectivity index (χ3v) is 5.56. The molecular formula is C24H26ClF3N6O3. The average molecular weight is 539 g/mol. The molecule has 0 bridgehead atoms. The maximum atomic E-state index is 12.9. The van der Waals surface area contributed by atoms with Crippen molar-refractivity contribution in [3.63, 3.8) is 0 Å². The van der Waals surface area contributed by atoms with Crippen molar-refractivity contribution in [2.24, 2.45) is 0 Å². The van der Waals surface area contributed by atoms with Crippen molar-refractivity contribution < 1.29 is 27.5 Å². The number of hydrazine groups is 1. The van der Waals surface area contributed by atoms with Crippen LogP contribution in [-0.4, -0.2) is 36.7 Å². The average Bonchev–Trinajstić information content (AvgIpc) is 2.85. The number of carbonyl (C=O) groups is 2. The monoisotopic (exact) mass is 538 g/mol. The van der Waals surface area contributed by atoms with Crippen LogP contribution >= 0.6 is 11.6 Å². The number of aromatic nitrogens is 1. The fraction of sp³-hybridized carbons (Fsp3) is 0.292. The molecule has 5 N–H and O–H groups in total. The zero-order valence-electron chi connectivity index (χ0n) is 20.0. The van der Waals surface area contributed by atoms with E-state index in [1.54, 1.807) is 13.3 Å². The van der Waals surface area contributed by atoms with Gasteiger partial charge in [0.15, 0.2) is 0 Å². The Hall–Kier alpha value is -3.93. The number of hydrogen-bond donors (Lipinski definition) is 5. The Kier molecular flexibility index (Phi) is 9.23. The van der Waals surface area contributed by atoms with Crippen LogP contribution in [-0.2, 0) is 6.18 Å². The fourth-order valence-electron chi connectivity index (χ4n) is 3.48. The molecule has 3 aromatic rings. The van der Waals surface area contributed by atoms with Gasteiger partial charge in [-0.05, 0) is 50.1 Å². The number of anilines is 2. The molecule has 0 saturated carbocycles. The topological polar surface area (TPSA) is 116 Å². The van der Waals surface area contributed by atoms with E-state index in [2.05, 4.69) is 31.8 Å². The second kappa shape index (κ2) is 12.3. The van der Waals surface area contributed by atoms with Crippen LogP contribution in [0.3, 0.4) is 0 Å². The van der Waals surface area contributed by atoms with E-state index in [0.29, 0.717) is 24.8 Å². The number of benzene rings is 2. The van der Waals surface area contributed by atoms with Crippen LogP contribution in [0.2, 0.25) is 5.02 Å². The van der Waals surface area contributed by atoms with Gasteiger partial charge in [-0.2, -0.15) is 13.2 Å². The highest BCUT2D eigenvalue weighted by Crippen LogP contribution is 2.36. The lowest BCUT2D eigenvalue weighted by molar-refractivity contribution is -0.137. The second-order valence-electron chi connectivity index (χ2n) is 8.09.